The highest BCUT2D eigenvalue weighted by molar-refractivity contribution is 7.98. The van der Waals surface area contributed by atoms with Gasteiger partial charge >= 0.3 is 5.97 Å². The third-order valence-corrected chi connectivity index (χ3v) is 3.46. The zero-order chi connectivity index (χ0) is 14.7. The number of carboxylic acid groups (broad SMARTS) is 1. The van der Waals surface area contributed by atoms with Gasteiger partial charge in [-0.2, -0.15) is 0 Å². The topological polar surface area (TPSA) is 95.1 Å². The van der Waals surface area contributed by atoms with Gasteiger partial charge in [0.05, 0.1) is 11.3 Å². The molecule has 1 amide bonds. The standard InChI is InChI=1S/C13H13N3O3S/c1-7-10(13(18)19)9(6-15-7)16-11(17)8-4-3-5-14-12(8)20-2/h3-6,15H,1-2H3,(H,16,17)(H,18,19). The number of aryl methyl sites for hydroxylation is 1. The van der Waals surface area contributed by atoms with Gasteiger partial charge in [-0.3, -0.25) is 4.79 Å². The minimum Gasteiger partial charge on any atom is -0.478 e. The molecule has 0 unspecified atom stereocenters. The number of carboxylic acids is 1. The largest absolute Gasteiger partial charge is 0.478 e. The first kappa shape index (κ1) is 14.1. The molecule has 0 aliphatic heterocycles. The fraction of sp³-hybridized carbons (Fsp3) is 0.154. The molecule has 0 saturated carbocycles. The van der Waals surface area contributed by atoms with Gasteiger partial charge in [0.15, 0.2) is 0 Å². The van der Waals surface area contributed by atoms with Crippen LogP contribution in [0.5, 0.6) is 0 Å². The molecular formula is C13H13N3O3S. The molecule has 0 saturated heterocycles. The van der Waals surface area contributed by atoms with Gasteiger partial charge in [-0.15, -0.1) is 11.8 Å². The number of amides is 1. The lowest BCUT2D eigenvalue weighted by Crippen LogP contribution is -2.15. The first-order chi connectivity index (χ1) is 9.54. The summed E-state index contributed by atoms with van der Waals surface area (Å²) in [5.41, 5.74) is 1.21. The first-order valence-electron chi connectivity index (χ1n) is 5.76. The highest BCUT2D eigenvalue weighted by atomic mass is 32.2. The number of nitrogens with one attached hydrogen (secondary N) is 2. The summed E-state index contributed by atoms with van der Waals surface area (Å²) in [4.78, 5) is 30.3. The second-order valence-electron chi connectivity index (χ2n) is 4.02. The number of carbonyl (C=O) groups is 2. The monoisotopic (exact) mass is 291 g/mol. The molecule has 2 aromatic rings. The van der Waals surface area contributed by atoms with E-state index in [0.29, 0.717) is 16.3 Å². The van der Waals surface area contributed by atoms with E-state index in [9.17, 15) is 9.59 Å². The Hall–Kier alpha value is -2.28. The Labute approximate surface area is 119 Å². The molecule has 6 nitrogen and oxygen atoms in total. The summed E-state index contributed by atoms with van der Waals surface area (Å²) < 4.78 is 0. The second kappa shape index (κ2) is 5.79. The molecule has 0 spiro atoms. The Bertz CT molecular complexity index is 667. The number of nitrogens with zero attached hydrogens (tertiary/aromatic N) is 1. The van der Waals surface area contributed by atoms with Crippen molar-refractivity contribution in [2.24, 2.45) is 0 Å². The quantitative estimate of drug-likeness (QED) is 0.752. The molecule has 0 radical (unpaired) electrons. The number of rotatable bonds is 4. The predicted molar refractivity (Wildman–Crippen MR) is 76.5 cm³/mol. The molecule has 0 fully saturated rings. The summed E-state index contributed by atoms with van der Waals surface area (Å²) in [5, 5.41) is 12.3. The smallest absolute Gasteiger partial charge is 0.339 e. The van der Waals surface area contributed by atoms with Crippen molar-refractivity contribution in [2.45, 2.75) is 11.9 Å². The molecule has 2 heterocycles. The van der Waals surface area contributed by atoms with Crippen LogP contribution in [0.4, 0.5) is 5.69 Å². The van der Waals surface area contributed by atoms with E-state index in [1.165, 1.54) is 18.0 Å². The normalized spacial score (nSPS) is 10.3. The molecule has 0 aliphatic carbocycles. The van der Waals surface area contributed by atoms with Crippen molar-refractivity contribution in [1.82, 2.24) is 9.97 Å². The van der Waals surface area contributed by atoms with Gasteiger partial charge in [-0.1, -0.05) is 0 Å². The maximum Gasteiger partial charge on any atom is 0.339 e. The average molecular weight is 291 g/mol. The molecule has 0 aliphatic rings. The number of thioether (sulfide) groups is 1. The number of aromatic carboxylic acids is 1. The van der Waals surface area contributed by atoms with Crippen molar-refractivity contribution in [3.05, 3.63) is 41.3 Å². The number of aromatic nitrogens is 2. The van der Waals surface area contributed by atoms with Crippen LogP contribution in [-0.2, 0) is 0 Å². The van der Waals surface area contributed by atoms with E-state index in [0.717, 1.165) is 0 Å². The number of aromatic amines is 1. The summed E-state index contributed by atoms with van der Waals surface area (Å²) in [6.07, 6.45) is 4.89. The SMILES string of the molecule is CSc1ncccc1C(=O)Nc1c[nH]c(C)c1C(=O)O. The molecule has 0 bridgehead atoms. The van der Waals surface area contributed by atoms with Crippen molar-refractivity contribution in [2.75, 3.05) is 11.6 Å². The molecule has 7 heteroatoms. The highest BCUT2D eigenvalue weighted by Crippen LogP contribution is 2.22. The highest BCUT2D eigenvalue weighted by Gasteiger charge is 2.19. The first-order valence-corrected chi connectivity index (χ1v) is 6.98. The van der Waals surface area contributed by atoms with Crippen molar-refractivity contribution >= 4 is 29.3 Å². The van der Waals surface area contributed by atoms with Crippen molar-refractivity contribution in [3.8, 4) is 0 Å². The van der Waals surface area contributed by atoms with Crippen LogP contribution in [0.3, 0.4) is 0 Å². The van der Waals surface area contributed by atoms with Crippen molar-refractivity contribution in [1.29, 1.82) is 0 Å². The minimum absolute atomic E-state index is 0.0629. The Morgan fingerprint density at radius 1 is 1.45 bits per heavy atom. The van der Waals surface area contributed by atoms with Crippen LogP contribution in [0.1, 0.15) is 26.4 Å². The van der Waals surface area contributed by atoms with Crippen LogP contribution in [0, 0.1) is 6.92 Å². The van der Waals surface area contributed by atoms with Crippen LogP contribution in [0.25, 0.3) is 0 Å². The van der Waals surface area contributed by atoms with Crippen LogP contribution in [-0.4, -0.2) is 33.2 Å². The lowest BCUT2D eigenvalue weighted by Gasteiger charge is -2.07. The summed E-state index contributed by atoms with van der Waals surface area (Å²) in [6.45, 7) is 1.64. The van der Waals surface area contributed by atoms with Gasteiger partial charge in [0.25, 0.3) is 5.91 Å². The maximum absolute atomic E-state index is 12.2. The predicted octanol–water partition coefficient (Wildman–Crippen LogP) is 2.39. The molecule has 0 atom stereocenters. The Morgan fingerprint density at radius 3 is 2.85 bits per heavy atom. The van der Waals surface area contributed by atoms with E-state index < -0.39 is 5.97 Å². The Balaban J connectivity index is 2.31. The number of carbonyl (C=O) groups excluding carboxylic acids is 1. The molecule has 0 aromatic carbocycles. The fourth-order valence-electron chi connectivity index (χ4n) is 1.82. The molecule has 2 rings (SSSR count). The molecule has 20 heavy (non-hydrogen) atoms. The number of H-pyrrole nitrogens is 1. The Kier molecular flexibility index (Phi) is 4.09. The zero-order valence-corrected chi connectivity index (χ0v) is 11.7. The van der Waals surface area contributed by atoms with Crippen LogP contribution in [0.2, 0.25) is 0 Å². The summed E-state index contributed by atoms with van der Waals surface area (Å²) in [7, 11) is 0. The van der Waals surface area contributed by atoms with Crippen LogP contribution < -0.4 is 5.32 Å². The fourth-order valence-corrected chi connectivity index (χ4v) is 2.36. The van der Waals surface area contributed by atoms with E-state index >= 15 is 0 Å². The molecule has 2 aromatic heterocycles. The number of hydrogen-bond acceptors (Lipinski definition) is 4. The van der Waals surface area contributed by atoms with E-state index in [-0.39, 0.29) is 17.2 Å². The van der Waals surface area contributed by atoms with Gasteiger partial charge in [0.2, 0.25) is 0 Å². The minimum atomic E-state index is -1.09. The van der Waals surface area contributed by atoms with E-state index in [2.05, 4.69) is 15.3 Å². The van der Waals surface area contributed by atoms with E-state index in [4.69, 9.17) is 5.11 Å². The summed E-state index contributed by atoms with van der Waals surface area (Å²) in [6, 6.07) is 3.31. The lowest BCUT2D eigenvalue weighted by atomic mass is 10.2. The molecular weight excluding hydrogens is 278 g/mol. The van der Waals surface area contributed by atoms with Gasteiger partial charge < -0.3 is 15.4 Å². The Morgan fingerprint density at radius 2 is 2.20 bits per heavy atom. The van der Waals surface area contributed by atoms with Crippen LogP contribution in [0.15, 0.2) is 29.6 Å². The summed E-state index contributed by atoms with van der Waals surface area (Å²) >= 11 is 1.35. The lowest BCUT2D eigenvalue weighted by molar-refractivity contribution is 0.0697. The van der Waals surface area contributed by atoms with E-state index in [1.54, 1.807) is 25.3 Å². The van der Waals surface area contributed by atoms with Gasteiger partial charge in [-0.05, 0) is 25.3 Å². The zero-order valence-electron chi connectivity index (χ0n) is 10.9. The third kappa shape index (κ3) is 2.67. The third-order valence-electron chi connectivity index (χ3n) is 2.75. The molecule has 3 N–H and O–H groups in total. The summed E-state index contributed by atoms with van der Waals surface area (Å²) in [5.74, 6) is -1.47. The second-order valence-corrected chi connectivity index (χ2v) is 4.82. The molecule has 104 valence electrons. The number of hydrogen-bond donors (Lipinski definition) is 3. The van der Waals surface area contributed by atoms with Crippen molar-refractivity contribution < 1.29 is 14.7 Å². The van der Waals surface area contributed by atoms with Gasteiger partial charge in [0.1, 0.15) is 10.6 Å². The van der Waals surface area contributed by atoms with Gasteiger partial charge in [0, 0.05) is 18.1 Å². The van der Waals surface area contributed by atoms with E-state index in [1.807, 2.05) is 6.26 Å². The number of anilines is 1. The van der Waals surface area contributed by atoms with Crippen molar-refractivity contribution in [3.63, 3.8) is 0 Å². The van der Waals surface area contributed by atoms with Crippen LogP contribution >= 0.6 is 11.8 Å². The van der Waals surface area contributed by atoms with Gasteiger partial charge in [-0.25, -0.2) is 9.78 Å². The maximum atomic E-state index is 12.2. The average Bonchev–Trinajstić information content (AvgIpc) is 2.79. The number of pyridine rings is 1.